The number of hydrogen-bond donors (Lipinski definition) is 0. The van der Waals surface area contributed by atoms with Gasteiger partial charge in [-0.1, -0.05) is 35.4 Å². The standard InChI is InChI=1S/C16H14O2/c1-9-7-13-14(8-10(9)2)16(18)12-6-4-3-5-11(12)15(13)17/h3-6H,7-8H2,1-2H3. The summed E-state index contributed by atoms with van der Waals surface area (Å²) in [6.45, 7) is 4.08. The number of ketones is 2. The predicted octanol–water partition coefficient (Wildman–Crippen LogP) is 3.49. The van der Waals surface area contributed by atoms with Gasteiger partial charge >= 0.3 is 0 Å². The lowest BCUT2D eigenvalue weighted by atomic mass is 9.76. The molecule has 0 aromatic heterocycles. The van der Waals surface area contributed by atoms with Crippen LogP contribution in [0.15, 0.2) is 46.6 Å². The van der Waals surface area contributed by atoms with E-state index in [-0.39, 0.29) is 11.6 Å². The molecule has 0 saturated carbocycles. The van der Waals surface area contributed by atoms with Crippen LogP contribution in [0.5, 0.6) is 0 Å². The minimum atomic E-state index is 0.0343. The van der Waals surface area contributed by atoms with Crippen molar-refractivity contribution in [3.63, 3.8) is 0 Å². The number of Topliss-reactive ketones (excluding diaryl/α,β-unsaturated/α-hetero) is 2. The molecule has 18 heavy (non-hydrogen) atoms. The third kappa shape index (κ3) is 1.42. The average Bonchev–Trinajstić information content (AvgIpc) is 2.38. The normalized spacial score (nSPS) is 19.0. The number of benzene rings is 1. The van der Waals surface area contributed by atoms with E-state index in [1.165, 1.54) is 11.1 Å². The van der Waals surface area contributed by atoms with E-state index in [1.54, 1.807) is 12.1 Å². The van der Waals surface area contributed by atoms with Crippen molar-refractivity contribution in [3.05, 3.63) is 57.7 Å². The number of rotatable bonds is 0. The van der Waals surface area contributed by atoms with Crippen molar-refractivity contribution < 1.29 is 9.59 Å². The van der Waals surface area contributed by atoms with Gasteiger partial charge in [-0.25, -0.2) is 0 Å². The first-order valence-corrected chi connectivity index (χ1v) is 6.15. The SMILES string of the molecule is CC1=C(C)CC2=C(C1)C(=O)c1ccccc1C2=O. The van der Waals surface area contributed by atoms with Gasteiger partial charge in [0.2, 0.25) is 0 Å². The quantitative estimate of drug-likeness (QED) is 0.648. The van der Waals surface area contributed by atoms with Gasteiger partial charge in [-0.05, 0) is 26.7 Å². The smallest absolute Gasteiger partial charge is 0.190 e. The van der Waals surface area contributed by atoms with Crippen molar-refractivity contribution >= 4 is 11.6 Å². The maximum absolute atomic E-state index is 12.4. The summed E-state index contributed by atoms with van der Waals surface area (Å²) in [6.07, 6.45) is 1.25. The van der Waals surface area contributed by atoms with Crippen LogP contribution >= 0.6 is 0 Å². The van der Waals surface area contributed by atoms with E-state index in [4.69, 9.17) is 0 Å². The Morgan fingerprint density at radius 1 is 0.778 bits per heavy atom. The van der Waals surface area contributed by atoms with Gasteiger partial charge in [-0.3, -0.25) is 9.59 Å². The van der Waals surface area contributed by atoms with E-state index in [1.807, 2.05) is 26.0 Å². The number of carbonyl (C=O) groups excluding carboxylic acids is 2. The molecular weight excluding hydrogens is 224 g/mol. The van der Waals surface area contributed by atoms with E-state index < -0.39 is 0 Å². The molecule has 0 unspecified atom stereocenters. The average molecular weight is 238 g/mol. The topological polar surface area (TPSA) is 34.1 Å². The molecule has 0 heterocycles. The molecule has 3 rings (SSSR count). The molecule has 2 aliphatic carbocycles. The molecule has 0 radical (unpaired) electrons. The summed E-state index contributed by atoms with van der Waals surface area (Å²) in [6, 6.07) is 7.12. The summed E-state index contributed by atoms with van der Waals surface area (Å²) >= 11 is 0. The van der Waals surface area contributed by atoms with Gasteiger partial charge in [0.1, 0.15) is 0 Å². The first-order valence-electron chi connectivity index (χ1n) is 6.15. The van der Waals surface area contributed by atoms with E-state index in [0.717, 1.165) is 0 Å². The van der Waals surface area contributed by atoms with E-state index >= 15 is 0 Å². The Kier molecular flexibility index (Phi) is 2.34. The highest BCUT2D eigenvalue weighted by molar-refractivity contribution is 6.27. The van der Waals surface area contributed by atoms with Gasteiger partial charge < -0.3 is 0 Å². The van der Waals surface area contributed by atoms with Crippen LogP contribution in [-0.2, 0) is 0 Å². The fourth-order valence-electron chi connectivity index (χ4n) is 2.68. The molecule has 0 atom stereocenters. The number of carbonyl (C=O) groups is 2. The zero-order valence-electron chi connectivity index (χ0n) is 10.5. The van der Waals surface area contributed by atoms with E-state index in [2.05, 4.69) is 0 Å². The Morgan fingerprint density at radius 3 is 1.56 bits per heavy atom. The second kappa shape index (κ2) is 3.77. The molecule has 0 amide bonds. The molecule has 0 spiro atoms. The van der Waals surface area contributed by atoms with Crippen LogP contribution in [0.1, 0.15) is 47.4 Å². The Balaban J connectivity index is 2.17. The number of fused-ring (bicyclic) bond motifs is 1. The molecule has 0 fully saturated rings. The van der Waals surface area contributed by atoms with Crippen molar-refractivity contribution in [2.75, 3.05) is 0 Å². The molecule has 2 aliphatic rings. The second-order valence-electron chi connectivity index (χ2n) is 5.08. The molecule has 0 bridgehead atoms. The minimum Gasteiger partial charge on any atom is -0.289 e. The second-order valence-corrected chi connectivity index (χ2v) is 5.08. The molecule has 1 aromatic carbocycles. The van der Waals surface area contributed by atoms with Crippen molar-refractivity contribution in [1.82, 2.24) is 0 Å². The lowest BCUT2D eigenvalue weighted by Crippen LogP contribution is -2.24. The zero-order chi connectivity index (χ0) is 12.9. The maximum atomic E-state index is 12.4. The van der Waals surface area contributed by atoms with Crippen molar-refractivity contribution in [2.24, 2.45) is 0 Å². The molecule has 0 N–H and O–H groups in total. The molecular formula is C16H14O2. The highest BCUT2D eigenvalue weighted by Crippen LogP contribution is 2.37. The Hall–Kier alpha value is -1.96. The lowest BCUT2D eigenvalue weighted by Gasteiger charge is -2.26. The summed E-state index contributed by atoms with van der Waals surface area (Å²) in [5.74, 6) is 0.0686. The Labute approximate surface area is 106 Å². The number of hydrogen-bond acceptors (Lipinski definition) is 2. The maximum Gasteiger partial charge on any atom is 0.190 e. The highest BCUT2D eigenvalue weighted by atomic mass is 16.1. The largest absolute Gasteiger partial charge is 0.289 e. The van der Waals surface area contributed by atoms with Crippen LogP contribution in [0.3, 0.4) is 0 Å². The van der Waals surface area contributed by atoms with Crippen LogP contribution in [0, 0.1) is 0 Å². The summed E-state index contributed by atoms with van der Waals surface area (Å²) < 4.78 is 0. The van der Waals surface area contributed by atoms with Crippen molar-refractivity contribution in [1.29, 1.82) is 0 Å². The molecule has 2 heteroatoms. The predicted molar refractivity (Wildman–Crippen MR) is 69.7 cm³/mol. The van der Waals surface area contributed by atoms with Gasteiger partial charge in [0.15, 0.2) is 11.6 Å². The van der Waals surface area contributed by atoms with Gasteiger partial charge in [0.05, 0.1) is 0 Å². The first kappa shape index (κ1) is 11.1. The van der Waals surface area contributed by atoms with E-state index in [9.17, 15) is 9.59 Å². The van der Waals surface area contributed by atoms with Crippen LogP contribution in [-0.4, -0.2) is 11.6 Å². The fraction of sp³-hybridized carbons (Fsp3) is 0.250. The Morgan fingerprint density at radius 2 is 1.17 bits per heavy atom. The third-order valence-corrected chi connectivity index (χ3v) is 3.94. The van der Waals surface area contributed by atoms with Crippen molar-refractivity contribution in [2.45, 2.75) is 26.7 Å². The molecule has 0 saturated heterocycles. The molecule has 2 nitrogen and oxygen atoms in total. The van der Waals surface area contributed by atoms with Crippen LogP contribution in [0.2, 0.25) is 0 Å². The van der Waals surface area contributed by atoms with Gasteiger partial charge in [-0.2, -0.15) is 0 Å². The summed E-state index contributed by atoms with van der Waals surface area (Å²) in [4.78, 5) is 24.8. The zero-order valence-corrected chi connectivity index (χ0v) is 10.5. The van der Waals surface area contributed by atoms with Crippen molar-refractivity contribution in [3.8, 4) is 0 Å². The third-order valence-electron chi connectivity index (χ3n) is 3.94. The van der Waals surface area contributed by atoms with Crippen LogP contribution < -0.4 is 0 Å². The first-order chi connectivity index (χ1) is 8.59. The van der Waals surface area contributed by atoms with Gasteiger partial charge in [0, 0.05) is 22.3 Å². The van der Waals surface area contributed by atoms with Crippen LogP contribution in [0.25, 0.3) is 0 Å². The summed E-state index contributed by atoms with van der Waals surface area (Å²) in [7, 11) is 0. The van der Waals surface area contributed by atoms with E-state index in [0.29, 0.717) is 35.1 Å². The number of allylic oxidation sites excluding steroid dienone is 4. The summed E-state index contributed by atoms with van der Waals surface area (Å²) in [5.41, 5.74) is 4.98. The molecule has 1 aromatic rings. The molecule has 0 aliphatic heterocycles. The lowest BCUT2D eigenvalue weighted by molar-refractivity contribution is 0.0969. The molecule has 90 valence electrons. The Bertz CT molecular complexity index is 590. The minimum absolute atomic E-state index is 0.0343. The van der Waals surface area contributed by atoms with Gasteiger partial charge in [-0.15, -0.1) is 0 Å². The van der Waals surface area contributed by atoms with Crippen LogP contribution in [0.4, 0.5) is 0 Å². The summed E-state index contributed by atoms with van der Waals surface area (Å²) in [5, 5.41) is 0. The monoisotopic (exact) mass is 238 g/mol. The highest BCUT2D eigenvalue weighted by Gasteiger charge is 2.33. The van der Waals surface area contributed by atoms with Gasteiger partial charge in [0.25, 0.3) is 0 Å². The fourth-order valence-corrected chi connectivity index (χ4v) is 2.68.